The first kappa shape index (κ1) is 13.1. The third kappa shape index (κ3) is 2.68. The Morgan fingerprint density at radius 1 is 1.16 bits per heavy atom. The number of hydrogen-bond donors (Lipinski definition) is 1. The number of fused-ring (bicyclic) bond motifs is 1. The number of benzene rings is 1. The summed E-state index contributed by atoms with van der Waals surface area (Å²) >= 11 is 0. The lowest BCUT2D eigenvalue weighted by molar-refractivity contribution is 0.192. The zero-order valence-corrected chi connectivity index (χ0v) is 11.8. The van der Waals surface area contributed by atoms with Crippen LogP contribution < -0.4 is 5.73 Å². The summed E-state index contributed by atoms with van der Waals surface area (Å²) in [5.74, 6) is 0.353. The molecule has 2 atom stereocenters. The van der Waals surface area contributed by atoms with E-state index in [-0.39, 0.29) is 23.6 Å². The van der Waals surface area contributed by atoms with Gasteiger partial charge in [0, 0.05) is 18.6 Å². The van der Waals surface area contributed by atoms with Gasteiger partial charge >= 0.3 is 0 Å². The molecule has 0 amide bonds. The lowest BCUT2D eigenvalue weighted by atomic mass is 10.0. The number of nitrogens with zero attached hydrogens (tertiary/aromatic N) is 1. The van der Waals surface area contributed by atoms with Crippen LogP contribution in [0.5, 0.6) is 0 Å². The normalized spacial score (nSPS) is 30.8. The van der Waals surface area contributed by atoms with Gasteiger partial charge in [-0.2, -0.15) is 0 Å². The molecule has 3 rings (SSSR count). The van der Waals surface area contributed by atoms with Gasteiger partial charge < -0.3 is 5.73 Å². The lowest BCUT2D eigenvalue weighted by Crippen LogP contribution is -2.46. The molecule has 2 N–H and O–H groups in total. The van der Waals surface area contributed by atoms with Crippen LogP contribution in [0.15, 0.2) is 24.3 Å². The zero-order valence-electron chi connectivity index (χ0n) is 11.0. The summed E-state index contributed by atoms with van der Waals surface area (Å²) in [4.78, 5) is 2.26. The van der Waals surface area contributed by atoms with Crippen LogP contribution in [-0.4, -0.2) is 43.5 Å². The van der Waals surface area contributed by atoms with Crippen molar-refractivity contribution < 1.29 is 8.42 Å². The van der Waals surface area contributed by atoms with E-state index in [9.17, 15) is 8.42 Å². The fraction of sp³-hybridized carbons (Fsp3) is 0.571. The van der Waals surface area contributed by atoms with Crippen LogP contribution in [-0.2, 0) is 22.8 Å². The molecule has 1 aromatic rings. The Labute approximate surface area is 114 Å². The minimum atomic E-state index is -2.95. The number of hydrogen-bond acceptors (Lipinski definition) is 4. The number of sulfone groups is 1. The first-order chi connectivity index (χ1) is 9.05. The van der Waals surface area contributed by atoms with Gasteiger partial charge in [0.25, 0.3) is 0 Å². The highest BCUT2D eigenvalue weighted by Gasteiger charge is 2.39. The van der Waals surface area contributed by atoms with Gasteiger partial charge in [0.2, 0.25) is 0 Å². The molecule has 1 aromatic carbocycles. The Morgan fingerprint density at radius 2 is 1.89 bits per heavy atom. The van der Waals surface area contributed by atoms with Gasteiger partial charge in [-0.25, -0.2) is 8.42 Å². The van der Waals surface area contributed by atoms with Crippen molar-refractivity contribution >= 4 is 9.84 Å². The van der Waals surface area contributed by atoms with Gasteiger partial charge in [-0.3, -0.25) is 4.90 Å². The summed E-state index contributed by atoms with van der Waals surface area (Å²) in [6.07, 6.45) is 2.14. The minimum Gasteiger partial charge on any atom is -0.325 e. The van der Waals surface area contributed by atoms with E-state index in [1.807, 2.05) is 6.07 Å². The molecule has 0 saturated carbocycles. The molecule has 2 unspecified atom stereocenters. The van der Waals surface area contributed by atoms with E-state index in [0.717, 1.165) is 25.9 Å². The Bertz CT molecular complexity index is 571. The SMILES string of the molecule is NC1CS(=O)(=O)CC1N1CCCc2ccccc2C1. The molecule has 0 aliphatic carbocycles. The molecule has 0 radical (unpaired) electrons. The summed E-state index contributed by atoms with van der Waals surface area (Å²) in [6, 6.07) is 8.17. The van der Waals surface area contributed by atoms with Crippen molar-refractivity contribution in [2.75, 3.05) is 18.1 Å². The molecule has 4 nitrogen and oxygen atoms in total. The molecule has 1 fully saturated rings. The molecule has 0 bridgehead atoms. The molecular formula is C14H20N2O2S. The Balaban J connectivity index is 1.83. The van der Waals surface area contributed by atoms with Gasteiger partial charge in [-0.15, -0.1) is 0 Å². The Kier molecular flexibility index (Phi) is 3.37. The fourth-order valence-electron chi connectivity index (χ4n) is 3.24. The molecule has 5 heteroatoms. The summed E-state index contributed by atoms with van der Waals surface area (Å²) < 4.78 is 23.4. The van der Waals surface area contributed by atoms with Gasteiger partial charge in [-0.05, 0) is 30.5 Å². The fourth-order valence-corrected chi connectivity index (χ4v) is 5.16. The van der Waals surface area contributed by atoms with E-state index < -0.39 is 9.84 Å². The molecule has 104 valence electrons. The largest absolute Gasteiger partial charge is 0.325 e. The monoisotopic (exact) mass is 280 g/mol. The zero-order chi connectivity index (χ0) is 13.5. The van der Waals surface area contributed by atoms with Crippen LogP contribution in [0.25, 0.3) is 0 Å². The highest BCUT2D eigenvalue weighted by atomic mass is 32.2. The average Bonchev–Trinajstić information content (AvgIpc) is 2.54. The van der Waals surface area contributed by atoms with Gasteiger partial charge in [0.1, 0.15) is 0 Å². The smallest absolute Gasteiger partial charge is 0.153 e. The summed E-state index contributed by atoms with van der Waals surface area (Å²) in [7, 11) is -2.95. The molecule has 19 heavy (non-hydrogen) atoms. The first-order valence-electron chi connectivity index (χ1n) is 6.82. The predicted molar refractivity (Wildman–Crippen MR) is 75.6 cm³/mol. The second-order valence-electron chi connectivity index (χ2n) is 5.65. The topological polar surface area (TPSA) is 63.4 Å². The van der Waals surface area contributed by atoms with E-state index in [0.29, 0.717) is 0 Å². The minimum absolute atomic E-state index is 0.0174. The van der Waals surface area contributed by atoms with Crippen LogP contribution in [0.1, 0.15) is 17.5 Å². The standard InChI is InChI=1S/C14H20N2O2S/c15-13-9-19(17,18)10-14(13)16-7-3-6-11-4-1-2-5-12(11)8-16/h1-2,4-5,13-14H,3,6-10,15H2. The molecule has 2 aliphatic heterocycles. The van der Waals surface area contributed by atoms with E-state index in [2.05, 4.69) is 23.1 Å². The summed E-state index contributed by atoms with van der Waals surface area (Å²) in [5, 5.41) is 0. The number of nitrogens with two attached hydrogens (primary N) is 1. The van der Waals surface area contributed by atoms with Crippen molar-refractivity contribution in [3.05, 3.63) is 35.4 Å². The second kappa shape index (κ2) is 4.89. The maximum Gasteiger partial charge on any atom is 0.153 e. The van der Waals surface area contributed by atoms with E-state index in [1.165, 1.54) is 11.1 Å². The van der Waals surface area contributed by atoms with E-state index in [1.54, 1.807) is 0 Å². The highest BCUT2D eigenvalue weighted by Crippen LogP contribution is 2.24. The predicted octanol–water partition coefficient (Wildman–Crippen LogP) is 0.559. The van der Waals surface area contributed by atoms with Crippen molar-refractivity contribution in [2.45, 2.75) is 31.5 Å². The van der Waals surface area contributed by atoms with Crippen molar-refractivity contribution in [3.8, 4) is 0 Å². The summed E-state index contributed by atoms with van der Waals surface area (Å²) in [6.45, 7) is 1.76. The van der Waals surface area contributed by atoms with E-state index in [4.69, 9.17) is 5.73 Å². The highest BCUT2D eigenvalue weighted by molar-refractivity contribution is 7.91. The first-order valence-corrected chi connectivity index (χ1v) is 8.64. The third-order valence-corrected chi connectivity index (χ3v) is 5.96. The van der Waals surface area contributed by atoms with Gasteiger partial charge in [0.05, 0.1) is 11.5 Å². The number of aryl methyl sites for hydroxylation is 1. The Hall–Kier alpha value is -0.910. The summed E-state index contributed by atoms with van der Waals surface area (Å²) in [5.41, 5.74) is 8.74. The lowest BCUT2D eigenvalue weighted by Gasteiger charge is -2.29. The molecular weight excluding hydrogens is 260 g/mol. The van der Waals surface area contributed by atoms with Crippen LogP contribution >= 0.6 is 0 Å². The second-order valence-corrected chi connectivity index (χ2v) is 7.80. The Morgan fingerprint density at radius 3 is 2.58 bits per heavy atom. The number of rotatable bonds is 1. The van der Waals surface area contributed by atoms with Crippen LogP contribution in [0, 0.1) is 0 Å². The molecule has 1 saturated heterocycles. The molecule has 2 heterocycles. The van der Waals surface area contributed by atoms with Crippen molar-refractivity contribution in [1.29, 1.82) is 0 Å². The van der Waals surface area contributed by atoms with E-state index >= 15 is 0 Å². The maximum absolute atomic E-state index is 11.7. The van der Waals surface area contributed by atoms with Crippen molar-refractivity contribution in [1.82, 2.24) is 4.90 Å². The average molecular weight is 280 g/mol. The van der Waals surface area contributed by atoms with Crippen molar-refractivity contribution in [2.24, 2.45) is 5.73 Å². The molecule has 0 aromatic heterocycles. The quantitative estimate of drug-likeness (QED) is 0.816. The van der Waals surface area contributed by atoms with Crippen LogP contribution in [0.4, 0.5) is 0 Å². The maximum atomic E-state index is 11.7. The third-order valence-electron chi connectivity index (χ3n) is 4.22. The molecule has 2 aliphatic rings. The van der Waals surface area contributed by atoms with Crippen molar-refractivity contribution in [3.63, 3.8) is 0 Å². The molecule has 0 spiro atoms. The van der Waals surface area contributed by atoms with Gasteiger partial charge in [0.15, 0.2) is 9.84 Å². The van der Waals surface area contributed by atoms with Crippen LogP contribution in [0.3, 0.4) is 0 Å². The van der Waals surface area contributed by atoms with Crippen LogP contribution in [0.2, 0.25) is 0 Å². The van der Waals surface area contributed by atoms with Gasteiger partial charge in [-0.1, -0.05) is 24.3 Å².